The van der Waals surface area contributed by atoms with E-state index in [1.807, 2.05) is 7.05 Å². The Bertz CT molecular complexity index is 940. The van der Waals surface area contributed by atoms with Gasteiger partial charge in [-0.15, -0.1) is 0 Å². The molecule has 158 valence electrons. The van der Waals surface area contributed by atoms with Crippen molar-refractivity contribution in [3.05, 3.63) is 29.3 Å². The third kappa shape index (κ3) is 4.57. The number of amides is 2. The van der Waals surface area contributed by atoms with E-state index in [9.17, 15) is 22.8 Å². The largest absolute Gasteiger partial charge is 0.480 e. The van der Waals surface area contributed by atoms with Crippen LogP contribution in [0.15, 0.2) is 18.2 Å². The van der Waals surface area contributed by atoms with E-state index in [0.29, 0.717) is 11.4 Å². The Labute approximate surface area is 169 Å². The van der Waals surface area contributed by atoms with E-state index in [4.69, 9.17) is 5.11 Å². The highest BCUT2D eigenvalue weighted by atomic mass is 32.2. The quantitative estimate of drug-likeness (QED) is 0.576. The molecule has 0 atom stereocenters. The molecule has 29 heavy (non-hydrogen) atoms. The molecular formula is C18H24N4O6S. The molecule has 1 aromatic rings. The van der Waals surface area contributed by atoms with Crippen LogP contribution in [0.25, 0.3) is 0 Å². The van der Waals surface area contributed by atoms with Crippen LogP contribution in [-0.4, -0.2) is 105 Å². The first-order valence-corrected chi connectivity index (χ1v) is 11.0. The van der Waals surface area contributed by atoms with Crippen molar-refractivity contribution in [1.82, 2.24) is 14.7 Å². The van der Waals surface area contributed by atoms with Gasteiger partial charge in [0.1, 0.15) is 6.54 Å². The molecule has 2 aliphatic heterocycles. The molecule has 0 spiro atoms. The lowest BCUT2D eigenvalue weighted by Crippen LogP contribution is -2.47. The zero-order valence-electron chi connectivity index (χ0n) is 16.4. The van der Waals surface area contributed by atoms with Gasteiger partial charge in [-0.05, 0) is 25.2 Å². The number of nitrogens with zero attached hydrogens (tertiary/aromatic N) is 4. The van der Waals surface area contributed by atoms with Gasteiger partial charge >= 0.3 is 5.97 Å². The van der Waals surface area contributed by atoms with Crippen LogP contribution in [0.2, 0.25) is 0 Å². The van der Waals surface area contributed by atoms with Gasteiger partial charge in [0, 0.05) is 39.3 Å². The number of hydrogen-bond acceptors (Lipinski definition) is 7. The summed E-state index contributed by atoms with van der Waals surface area (Å²) in [5.74, 6) is -2.73. The highest BCUT2D eigenvalue weighted by Gasteiger charge is 2.37. The molecule has 0 bridgehead atoms. The molecule has 2 aliphatic rings. The van der Waals surface area contributed by atoms with Gasteiger partial charge in [-0.1, -0.05) is 0 Å². The predicted molar refractivity (Wildman–Crippen MR) is 106 cm³/mol. The van der Waals surface area contributed by atoms with Crippen molar-refractivity contribution in [2.45, 2.75) is 0 Å². The fourth-order valence-electron chi connectivity index (χ4n) is 3.50. The second-order valence-electron chi connectivity index (χ2n) is 7.30. The van der Waals surface area contributed by atoms with Crippen LogP contribution in [0.3, 0.4) is 0 Å². The summed E-state index contributed by atoms with van der Waals surface area (Å²) in [6.07, 6.45) is 1.09. The molecule has 0 unspecified atom stereocenters. The first-order chi connectivity index (χ1) is 13.6. The topological polar surface area (TPSA) is 119 Å². The summed E-state index contributed by atoms with van der Waals surface area (Å²) >= 11 is 0. The monoisotopic (exact) mass is 424 g/mol. The van der Waals surface area contributed by atoms with Crippen LogP contribution >= 0.6 is 0 Å². The lowest BCUT2D eigenvalue weighted by atomic mass is 10.1. The third-order valence-corrected chi connectivity index (χ3v) is 6.35. The minimum atomic E-state index is -3.62. The molecule has 0 aromatic heterocycles. The second-order valence-corrected chi connectivity index (χ2v) is 9.21. The summed E-state index contributed by atoms with van der Waals surface area (Å²) in [5.41, 5.74) is 0.369. The van der Waals surface area contributed by atoms with Crippen LogP contribution < -0.4 is 4.31 Å². The van der Waals surface area contributed by atoms with Gasteiger partial charge in [-0.3, -0.25) is 28.5 Å². The lowest BCUT2D eigenvalue weighted by molar-refractivity contribution is -0.137. The number of sulfonamides is 1. The average Bonchev–Trinajstić information content (AvgIpc) is 2.87. The van der Waals surface area contributed by atoms with Gasteiger partial charge in [-0.25, -0.2) is 8.42 Å². The van der Waals surface area contributed by atoms with Gasteiger partial charge in [0.25, 0.3) is 11.8 Å². The van der Waals surface area contributed by atoms with Crippen LogP contribution in [0.4, 0.5) is 5.69 Å². The smallest absolute Gasteiger partial charge is 0.323 e. The van der Waals surface area contributed by atoms with Gasteiger partial charge in [0.15, 0.2) is 0 Å². The maximum absolute atomic E-state index is 12.5. The van der Waals surface area contributed by atoms with E-state index in [1.54, 1.807) is 0 Å². The van der Waals surface area contributed by atoms with E-state index < -0.39 is 34.4 Å². The summed E-state index contributed by atoms with van der Waals surface area (Å²) in [7, 11) is -1.58. The number of rotatable bonds is 7. The minimum absolute atomic E-state index is 0.0157. The number of imide groups is 1. The Morgan fingerprint density at radius 3 is 2.31 bits per heavy atom. The highest BCUT2D eigenvalue weighted by Crippen LogP contribution is 2.28. The Kier molecular flexibility index (Phi) is 5.92. The number of anilines is 1. The molecule has 10 nitrogen and oxygen atoms in total. The van der Waals surface area contributed by atoms with Crippen molar-refractivity contribution in [1.29, 1.82) is 0 Å². The molecule has 2 heterocycles. The van der Waals surface area contributed by atoms with E-state index in [0.717, 1.165) is 32.4 Å². The summed E-state index contributed by atoms with van der Waals surface area (Å²) in [6.45, 7) is 3.52. The summed E-state index contributed by atoms with van der Waals surface area (Å²) in [4.78, 5) is 40.7. The van der Waals surface area contributed by atoms with E-state index >= 15 is 0 Å². The molecule has 1 aromatic carbocycles. The number of benzene rings is 1. The maximum Gasteiger partial charge on any atom is 0.323 e. The molecule has 2 amide bonds. The summed E-state index contributed by atoms with van der Waals surface area (Å²) in [5, 5.41) is 8.91. The fraction of sp³-hybridized carbons (Fsp3) is 0.500. The number of carboxylic acid groups (broad SMARTS) is 1. The predicted octanol–water partition coefficient (Wildman–Crippen LogP) is -0.619. The molecular weight excluding hydrogens is 400 g/mol. The maximum atomic E-state index is 12.5. The van der Waals surface area contributed by atoms with E-state index in [1.165, 1.54) is 22.5 Å². The Hall–Kier alpha value is -2.50. The van der Waals surface area contributed by atoms with Crippen molar-refractivity contribution in [3.63, 3.8) is 0 Å². The van der Waals surface area contributed by atoms with Crippen molar-refractivity contribution in [3.8, 4) is 0 Å². The number of likely N-dealkylation sites (N-methyl/N-ethyl adjacent to an activating group) is 1. The zero-order chi connectivity index (χ0) is 21.3. The Balaban J connectivity index is 1.82. The van der Waals surface area contributed by atoms with Gasteiger partial charge in [0.2, 0.25) is 10.0 Å². The molecule has 0 radical (unpaired) electrons. The van der Waals surface area contributed by atoms with Crippen molar-refractivity contribution in [2.24, 2.45) is 0 Å². The van der Waals surface area contributed by atoms with Crippen molar-refractivity contribution >= 4 is 33.5 Å². The van der Waals surface area contributed by atoms with Crippen molar-refractivity contribution in [2.75, 3.05) is 63.4 Å². The Morgan fingerprint density at radius 2 is 1.72 bits per heavy atom. The fourth-order valence-corrected chi connectivity index (χ4v) is 4.41. The van der Waals surface area contributed by atoms with E-state index in [-0.39, 0.29) is 23.4 Å². The molecule has 3 rings (SSSR count). The number of carbonyl (C=O) groups is 3. The number of carbonyl (C=O) groups excluding carboxylic acids is 2. The second kappa shape index (κ2) is 8.09. The first kappa shape index (κ1) is 21.2. The first-order valence-electron chi connectivity index (χ1n) is 9.18. The molecule has 0 saturated carbocycles. The number of hydrogen-bond donors (Lipinski definition) is 1. The zero-order valence-corrected chi connectivity index (χ0v) is 17.2. The third-order valence-electron chi connectivity index (χ3n) is 5.15. The number of carboxylic acids is 1. The van der Waals surface area contributed by atoms with Crippen LogP contribution in [0.1, 0.15) is 20.7 Å². The molecule has 1 N–H and O–H groups in total. The van der Waals surface area contributed by atoms with Gasteiger partial charge in [0.05, 0.1) is 23.1 Å². The van der Waals surface area contributed by atoms with Crippen LogP contribution in [0, 0.1) is 0 Å². The highest BCUT2D eigenvalue weighted by molar-refractivity contribution is 7.92. The lowest BCUT2D eigenvalue weighted by Gasteiger charge is -2.34. The standard InChI is InChI=1S/C18H24N4O6S/c1-19-5-7-20(8-6-19)9-10-22(29(2,27)28)13-3-4-14-15(11-13)18(26)21(17(14)25)12-16(23)24/h3-4,11H,5-10,12H2,1-2H3,(H,23,24). The average molecular weight is 424 g/mol. The molecule has 0 aliphatic carbocycles. The number of piperazine rings is 1. The number of fused-ring (bicyclic) bond motifs is 1. The minimum Gasteiger partial charge on any atom is -0.480 e. The number of aliphatic carboxylic acids is 1. The van der Waals surface area contributed by atoms with Crippen LogP contribution in [0.5, 0.6) is 0 Å². The molecule has 11 heteroatoms. The van der Waals surface area contributed by atoms with E-state index in [2.05, 4.69) is 9.80 Å². The summed E-state index contributed by atoms with van der Waals surface area (Å²) in [6, 6.07) is 4.20. The Morgan fingerprint density at radius 1 is 1.10 bits per heavy atom. The van der Waals surface area contributed by atoms with Gasteiger partial charge in [-0.2, -0.15) is 0 Å². The normalized spacial score (nSPS) is 18.2. The van der Waals surface area contributed by atoms with Gasteiger partial charge < -0.3 is 10.0 Å². The SMILES string of the molecule is CN1CCN(CCN(c2ccc3c(c2)C(=O)N(CC(=O)O)C3=O)S(C)(=O)=O)CC1. The molecule has 1 saturated heterocycles. The summed E-state index contributed by atoms with van der Waals surface area (Å²) < 4.78 is 26.0. The van der Waals surface area contributed by atoms with Crippen LogP contribution in [-0.2, 0) is 14.8 Å². The van der Waals surface area contributed by atoms with Crippen molar-refractivity contribution < 1.29 is 27.9 Å². The molecule has 1 fully saturated rings.